The minimum Gasteiger partial charge on any atom is -0.497 e. The van der Waals surface area contributed by atoms with Crippen molar-refractivity contribution in [2.75, 3.05) is 25.1 Å². The Bertz CT molecular complexity index is 771. The molecule has 1 aliphatic rings. The van der Waals surface area contributed by atoms with Crippen LogP contribution in [0.5, 0.6) is 11.5 Å². The Morgan fingerprint density at radius 3 is 2.31 bits per heavy atom. The number of primary amides is 1. The van der Waals surface area contributed by atoms with Gasteiger partial charge in [0.05, 0.1) is 18.6 Å². The van der Waals surface area contributed by atoms with Crippen molar-refractivity contribution in [3.63, 3.8) is 0 Å². The van der Waals surface area contributed by atoms with Crippen molar-refractivity contribution in [3.8, 4) is 11.5 Å². The van der Waals surface area contributed by atoms with Crippen LogP contribution in [0.15, 0.2) is 48.5 Å². The summed E-state index contributed by atoms with van der Waals surface area (Å²) in [7, 11) is 1.58. The SMILES string of the molecule is COc1ccc(OC(=O)c2ccc(N3CCC[C@@H](C(N)=O)C3)cc2)cc1. The van der Waals surface area contributed by atoms with E-state index in [1.165, 1.54) is 0 Å². The van der Waals surface area contributed by atoms with Crippen LogP contribution in [0.2, 0.25) is 0 Å². The zero-order chi connectivity index (χ0) is 18.5. The topological polar surface area (TPSA) is 81.9 Å². The molecular weight excluding hydrogens is 332 g/mol. The molecule has 2 aromatic carbocycles. The van der Waals surface area contributed by atoms with E-state index in [0.29, 0.717) is 23.6 Å². The molecule has 2 aromatic rings. The minimum atomic E-state index is -0.421. The van der Waals surface area contributed by atoms with Gasteiger partial charge in [-0.15, -0.1) is 0 Å². The first kappa shape index (κ1) is 17.8. The van der Waals surface area contributed by atoms with Crippen LogP contribution in [0.1, 0.15) is 23.2 Å². The Balaban J connectivity index is 1.64. The van der Waals surface area contributed by atoms with Crippen molar-refractivity contribution in [2.45, 2.75) is 12.8 Å². The van der Waals surface area contributed by atoms with E-state index >= 15 is 0 Å². The quantitative estimate of drug-likeness (QED) is 0.659. The number of piperidine rings is 1. The summed E-state index contributed by atoms with van der Waals surface area (Å²) in [6.45, 7) is 1.49. The standard InChI is InChI=1S/C20H22N2O4/c1-25-17-8-10-18(11-9-17)26-20(24)14-4-6-16(7-5-14)22-12-2-3-15(13-22)19(21)23/h4-11,15H,2-3,12-13H2,1H3,(H2,21,23)/t15-/m1/s1. The van der Waals surface area contributed by atoms with Crippen molar-refractivity contribution >= 4 is 17.6 Å². The van der Waals surface area contributed by atoms with E-state index < -0.39 is 5.97 Å². The number of anilines is 1. The number of hydrogen-bond acceptors (Lipinski definition) is 5. The number of methoxy groups -OCH3 is 1. The molecule has 136 valence electrons. The molecular formula is C20H22N2O4. The van der Waals surface area contributed by atoms with Crippen LogP contribution >= 0.6 is 0 Å². The lowest BCUT2D eigenvalue weighted by molar-refractivity contribution is -0.122. The van der Waals surface area contributed by atoms with Gasteiger partial charge in [-0.05, 0) is 61.4 Å². The van der Waals surface area contributed by atoms with E-state index in [2.05, 4.69) is 4.90 Å². The molecule has 0 saturated carbocycles. The van der Waals surface area contributed by atoms with Gasteiger partial charge >= 0.3 is 5.97 Å². The minimum absolute atomic E-state index is 0.122. The monoisotopic (exact) mass is 354 g/mol. The molecule has 1 saturated heterocycles. The molecule has 0 unspecified atom stereocenters. The normalized spacial score (nSPS) is 16.8. The first-order chi connectivity index (χ1) is 12.6. The number of amides is 1. The summed E-state index contributed by atoms with van der Waals surface area (Å²) in [6.07, 6.45) is 1.76. The van der Waals surface area contributed by atoms with Crippen LogP contribution in [0, 0.1) is 5.92 Å². The Hall–Kier alpha value is -3.02. The fraction of sp³-hybridized carbons (Fsp3) is 0.300. The highest BCUT2D eigenvalue weighted by Crippen LogP contribution is 2.24. The van der Waals surface area contributed by atoms with Gasteiger partial charge in [-0.25, -0.2) is 4.79 Å². The molecule has 3 rings (SSSR count). The Morgan fingerprint density at radius 2 is 1.69 bits per heavy atom. The van der Waals surface area contributed by atoms with E-state index in [1.807, 2.05) is 12.1 Å². The van der Waals surface area contributed by atoms with Crippen LogP contribution in [-0.4, -0.2) is 32.1 Å². The molecule has 0 aromatic heterocycles. The summed E-state index contributed by atoms with van der Waals surface area (Å²) >= 11 is 0. The van der Waals surface area contributed by atoms with E-state index in [0.717, 1.165) is 25.1 Å². The maximum atomic E-state index is 12.3. The smallest absolute Gasteiger partial charge is 0.343 e. The molecule has 6 nitrogen and oxygen atoms in total. The fourth-order valence-electron chi connectivity index (χ4n) is 3.06. The van der Waals surface area contributed by atoms with Gasteiger partial charge in [0.1, 0.15) is 11.5 Å². The molecule has 1 heterocycles. The molecule has 1 fully saturated rings. The van der Waals surface area contributed by atoms with Gasteiger partial charge in [0.25, 0.3) is 0 Å². The molecule has 1 aliphatic heterocycles. The molecule has 0 spiro atoms. The molecule has 0 bridgehead atoms. The zero-order valence-corrected chi connectivity index (χ0v) is 14.7. The highest BCUT2D eigenvalue weighted by Gasteiger charge is 2.24. The number of benzene rings is 2. The molecule has 26 heavy (non-hydrogen) atoms. The van der Waals surface area contributed by atoms with Gasteiger partial charge in [-0.3, -0.25) is 4.79 Å². The lowest BCUT2D eigenvalue weighted by Crippen LogP contribution is -2.41. The van der Waals surface area contributed by atoms with Crippen LogP contribution in [0.25, 0.3) is 0 Å². The number of esters is 1. The second-order valence-electron chi connectivity index (χ2n) is 6.30. The molecule has 2 N–H and O–H groups in total. The van der Waals surface area contributed by atoms with Crippen molar-refractivity contribution in [1.82, 2.24) is 0 Å². The number of carbonyl (C=O) groups excluding carboxylic acids is 2. The van der Waals surface area contributed by atoms with E-state index in [9.17, 15) is 9.59 Å². The summed E-state index contributed by atoms with van der Waals surface area (Å²) in [4.78, 5) is 25.8. The largest absolute Gasteiger partial charge is 0.497 e. The molecule has 1 amide bonds. The zero-order valence-electron chi connectivity index (χ0n) is 14.7. The maximum absolute atomic E-state index is 12.3. The van der Waals surface area contributed by atoms with Gasteiger partial charge in [0.2, 0.25) is 5.91 Å². The van der Waals surface area contributed by atoms with Crippen LogP contribution in [-0.2, 0) is 4.79 Å². The number of hydrogen-bond donors (Lipinski definition) is 1. The van der Waals surface area contributed by atoms with Crippen LogP contribution in [0.4, 0.5) is 5.69 Å². The third kappa shape index (κ3) is 4.14. The highest BCUT2D eigenvalue weighted by atomic mass is 16.5. The summed E-state index contributed by atoms with van der Waals surface area (Å²) in [5.74, 6) is 0.360. The number of ether oxygens (including phenoxy) is 2. The fourth-order valence-corrected chi connectivity index (χ4v) is 3.06. The van der Waals surface area contributed by atoms with Gasteiger partial charge < -0.3 is 20.1 Å². The lowest BCUT2D eigenvalue weighted by Gasteiger charge is -2.33. The average molecular weight is 354 g/mol. The number of nitrogens with zero attached hydrogens (tertiary/aromatic N) is 1. The summed E-state index contributed by atoms with van der Waals surface area (Å²) < 4.78 is 10.4. The second-order valence-corrected chi connectivity index (χ2v) is 6.30. The third-order valence-electron chi connectivity index (χ3n) is 4.56. The van der Waals surface area contributed by atoms with E-state index in [1.54, 1.807) is 43.5 Å². The first-order valence-corrected chi connectivity index (χ1v) is 8.57. The first-order valence-electron chi connectivity index (χ1n) is 8.57. The van der Waals surface area contributed by atoms with Gasteiger partial charge in [-0.1, -0.05) is 0 Å². The van der Waals surface area contributed by atoms with E-state index in [-0.39, 0.29) is 11.8 Å². The van der Waals surface area contributed by atoms with E-state index in [4.69, 9.17) is 15.2 Å². The average Bonchev–Trinajstić information content (AvgIpc) is 2.68. The molecule has 0 radical (unpaired) electrons. The van der Waals surface area contributed by atoms with Crippen molar-refractivity contribution in [3.05, 3.63) is 54.1 Å². The predicted octanol–water partition coefficient (Wildman–Crippen LogP) is 2.62. The Labute approximate surface area is 152 Å². The predicted molar refractivity (Wildman–Crippen MR) is 98.5 cm³/mol. The molecule has 1 atom stereocenters. The van der Waals surface area contributed by atoms with Crippen molar-refractivity contribution < 1.29 is 19.1 Å². The van der Waals surface area contributed by atoms with Gasteiger partial charge in [0, 0.05) is 18.8 Å². The summed E-state index contributed by atoms with van der Waals surface area (Å²) in [5, 5.41) is 0. The van der Waals surface area contributed by atoms with Crippen molar-refractivity contribution in [2.24, 2.45) is 11.7 Å². The summed E-state index contributed by atoms with van der Waals surface area (Å²) in [6, 6.07) is 14.0. The van der Waals surface area contributed by atoms with Gasteiger partial charge in [-0.2, -0.15) is 0 Å². The third-order valence-corrected chi connectivity index (χ3v) is 4.56. The number of nitrogens with two attached hydrogens (primary N) is 1. The number of carbonyl (C=O) groups is 2. The van der Waals surface area contributed by atoms with Crippen LogP contribution < -0.4 is 20.1 Å². The summed E-state index contributed by atoms with van der Waals surface area (Å²) in [5.41, 5.74) is 6.86. The molecule has 6 heteroatoms. The lowest BCUT2D eigenvalue weighted by atomic mass is 9.97. The Morgan fingerprint density at radius 1 is 1.04 bits per heavy atom. The van der Waals surface area contributed by atoms with Crippen LogP contribution in [0.3, 0.4) is 0 Å². The van der Waals surface area contributed by atoms with Gasteiger partial charge in [0.15, 0.2) is 0 Å². The molecule has 0 aliphatic carbocycles. The highest BCUT2D eigenvalue weighted by molar-refractivity contribution is 5.91. The van der Waals surface area contributed by atoms with Crippen molar-refractivity contribution in [1.29, 1.82) is 0 Å². The number of rotatable bonds is 5. The Kier molecular flexibility index (Phi) is 5.41. The maximum Gasteiger partial charge on any atom is 0.343 e. The second kappa shape index (κ2) is 7.91.